The van der Waals surface area contributed by atoms with E-state index in [0.717, 1.165) is 24.1 Å². The summed E-state index contributed by atoms with van der Waals surface area (Å²) in [6.07, 6.45) is -4.33. The SMILES string of the molecule is O=C(C[NH+]1CCN(c2cccc(C(F)(F)F)c2)CC1)c1ccccc1. The van der Waals surface area contributed by atoms with E-state index < -0.39 is 11.7 Å². The van der Waals surface area contributed by atoms with Crippen LogP contribution in [0.4, 0.5) is 18.9 Å². The van der Waals surface area contributed by atoms with Crippen molar-refractivity contribution in [1.82, 2.24) is 0 Å². The number of hydrogen-bond donors (Lipinski definition) is 1. The highest BCUT2D eigenvalue weighted by molar-refractivity contribution is 5.96. The van der Waals surface area contributed by atoms with Gasteiger partial charge in [-0.15, -0.1) is 0 Å². The van der Waals surface area contributed by atoms with Gasteiger partial charge in [0.15, 0.2) is 0 Å². The van der Waals surface area contributed by atoms with Crippen molar-refractivity contribution in [3.63, 3.8) is 0 Å². The van der Waals surface area contributed by atoms with Gasteiger partial charge in [0.25, 0.3) is 0 Å². The van der Waals surface area contributed by atoms with Crippen LogP contribution in [-0.4, -0.2) is 38.5 Å². The molecule has 0 amide bonds. The van der Waals surface area contributed by atoms with Gasteiger partial charge in [0.1, 0.15) is 6.54 Å². The topological polar surface area (TPSA) is 24.8 Å². The van der Waals surface area contributed by atoms with E-state index in [4.69, 9.17) is 0 Å². The number of alkyl halides is 3. The summed E-state index contributed by atoms with van der Waals surface area (Å²) in [5.41, 5.74) is 0.664. The Morgan fingerprint density at radius 1 is 1.00 bits per heavy atom. The van der Waals surface area contributed by atoms with Crippen molar-refractivity contribution in [2.45, 2.75) is 6.18 Å². The monoisotopic (exact) mass is 349 g/mol. The van der Waals surface area contributed by atoms with E-state index in [1.165, 1.54) is 12.1 Å². The van der Waals surface area contributed by atoms with E-state index >= 15 is 0 Å². The summed E-state index contributed by atoms with van der Waals surface area (Å²) >= 11 is 0. The van der Waals surface area contributed by atoms with Crippen LogP contribution in [0, 0.1) is 0 Å². The molecule has 0 aromatic heterocycles. The largest absolute Gasteiger partial charge is 0.416 e. The first-order valence-electron chi connectivity index (χ1n) is 8.27. The Labute approximate surface area is 144 Å². The van der Waals surface area contributed by atoms with Gasteiger partial charge in [-0.25, -0.2) is 0 Å². The number of anilines is 1. The van der Waals surface area contributed by atoms with Gasteiger partial charge in [0.05, 0.1) is 31.7 Å². The predicted molar refractivity (Wildman–Crippen MR) is 90.0 cm³/mol. The average molecular weight is 349 g/mol. The first-order valence-corrected chi connectivity index (χ1v) is 8.27. The minimum atomic E-state index is -4.33. The molecule has 0 spiro atoms. The lowest BCUT2D eigenvalue weighted by molar-refractivity contribution is -0.892. The van der Waals surface area contributed by atoms with Gasteiger partial charge in [-0.3, -0.25) is 4.79 Å². The summed E-state index contributed by atoms with van der Waals surface area (Å²) in [5.74, 6) is 0.100. The van der Waals surface area contributed by atoms with Gasteiger partial charge in [-0.2, -0.15) is 13.2 Å². The van der Waals surface area contributed by atoms with Crippen LogP contribution in [0.1, 0.15) is 15.9 Å². The predicted octanol–water partition coefficient (Wildman–Crippen LogP) is 2.29. The maximum absolute atomic E-state index is 12.8. The lowest BCUT2D eigenvalue weighted by Crippen LogP contribution is -3.15. The average Bonchev–Trinajstić information content (AvgIpc) is 2.62. The van der Waals surface area contributed by atoms with Crippen molar-refractivity contribution in [3.8, 4) is 0 Å². The third kappa shape index (κ3) is 4.39. The Morgan fingerprint density at radius 2 is 1.68 bits per heavy atom. The zero-order chi connectivity index (χ0) is 17.9. The highest BCUT2D eigenvalue weighted by Gasteiger charge is 2.31. The quantitative estimate of drug-likeness (QED) is 0.857. The van der Waals surface area contributed by atoms with Crippen molar-refractivity contribution < 1.29 is 22.9 Å². The fourth-order valence-electron chi connectivity index (χ4n) is 3.09. The zero-order valence-electron chi connectivity index (χ0n) is 13.7. The molecular formula is C19H20F3N2O+. The van der Waals surface area contributed by atoms with E-state index in [9.17, 15) is 18.0 Å². The number of benzene rings is 2. The van der Waals surface area contributed by atoms with Gasteiger partial charge in [0, 0.05) is 11.3 Å². The summed E-state index contributed by atoms with van der Waals surface area (Å²) in [6.45, 7) is 3.15. The number of quaternary nitrogens is 1. The summed E-state index contributed by atoms with van der Waals surface area (Å²) in [6, 6.07) is 14.6. The number of carbonyl (C=O) groups is 1. The molecular weight excluding hydrogens is 329 g/mol. The molecule has 1 aliphatic rings. The molecule has 1 aliphatic heterocycles. The number of piperazine rings is 1. The first kappa shape index (κ1) is 17.5. The number of Topliss-reactive ketones (excluding diaryl/α,β-unsaturated/α-hetero) is 1. The van der Waals surface area contributed by atoms with Crippen LogP contribution in [0.25, 0.3) is 0 Å². The molecule has 3 nitrogen and oxygen atoms in total. The highest BCUT2D eigenvalue weighted by Crippen LogP contribution is 2.31. The third-order valence-electron chi connectivity index (χ3n) is 4.52. The molecule has 0 aliphatic carbocycles. The fourth-order valence-corrected chi connectivity index (χ4v) is 3.09. The van der Waals surface area contributed by atoms with E-state index in [0.29, 0.717) is 30.9 Å². The van der Waals surface area contributed by atoms with Crippen molar-refractivity contribution in [2.75, 3.05) is 37.6 Å². The van der Waals surface area contributed by atoms with Gasteiger partial charge < -0.3 is 9.80 Å². The van der Waals surface area contributed by atoms with Crippen LogP contribution in [0.2, 0.25) is 0 Å². The van der Waals surface area contributed by atoms with Crippen molar-refractivity contribution in [2.24, 2.45) is 0 Å². The van der Waals surface area contributed by atoms with E-state index in [2.05, 4.69) is 0 Å². The Hall–Kier alpha value is -2.34. The van der Waals surface area contributed by atoms with Crippen LogP contribution in [0.5, 0.6) is 0 Å². The summed E-state index contributed by atoms with van der Waals surface area (Å²) < 4.78 is 38.5. The molecule has 132 valence electrons. The molecule has 25 heavy (non-hydrogen) atoms. The van der Waals surface area contributed by atoms with Gasteiger partial charge in [0.2, 0.25) is 5.78 Å². The second-order valence-corrected chi connectivity index (χ2v) is 6.25. The second-order valence-electron chi connectivity index (χ2n) is 6.25. The number of ketones is 1. The number of nitrogens with zero attached hydrogens (tertiary/aromatic N) is 1. The first-order chi connectivity index (χ1) is 11.9. The molecule has 6 heteroatoms. The van der Waals surface area contributed by atoms with Crippen molar-refractivity contribution in [1.29, 1.82) is 0 Å². The number of carbonyl (C=O) groups excluding carboxylic acids is 1. The third-order valence-corrected chi connectivity index (χ3v) is 4.52. The molecule has 2 aromatic rings. The number of rotatable bonds is 4. The maximum Gasteiger partial charge on any atom is 0.416 e. The van der Waals surface area contributed by atoms with E-state index in [1.54, 1.807) is 18.2 Å². The van der Waals surface area contributed by atoms with E-state index in [1.807, 2.05) is 23.1 Å². The molecule has 3 rings (SSSR count). The standard InChI is InChI=1S/C19H19F3N2O/c20-19(21,22)16-7-4-8-17(13-16)24-11-9-23(10-12-24)14-18(25)15-5-2-1-3-6-15/h1-8,13H,9-12,14H2/p+1. The number of nitrogens with one attached hydrogen (secondary N) is 1. The van der Waals surface area contributed by atoms with Gasteiger partial charge in [-0.1, -0.05) is 36.4 Å². The fraction of sp³-hybridized carbons (Fsp3) is 0.316. The Kier molecular flexibility index (Phi) is 5.08. The summed E-state index contributed by atoms with van der Waals surface area (Å²) in [7, 11) is 0. The lowest BCUT2D eigenvalue weighted by Gasteiger charge is -2.33. The Bertz CT molecular complexity index is 723. The molecule has 1 N–H and O–H groups in total. The number of hydrogen-bond acceptors (Lipinski definition) is 2. The smallest absolute Gasteiger partial charge is 0.360 e. The molecule has 0 unspecified atom stereocenters. The summed E-state index contributed by atoms with van der Waals surface area (Å²) in [5, 5.41) is 0. The highest BCUT2D eigenvalue weighted by atomic mass is 19.4. The zero-order valence-corrected chi connectivity index (χ0v) is 13.7. The maximum atomic E-state index is 12.8. The molecule has 0 radical (unpaired) electrons. The molecule has 0 atom stereocenters. The lowest BCUT2D eigenvalue weighted by atomic mass is 10.1. The van der Waals surface area contributed by atoms with Crippen LogP contribution in [0.3, 0.4) is 0 Å². The van der Waals surface area contributed by atoms with Crippen LogP contribution in [-0.2, 0) is 6.18 Å². The Balaban J connectivity index is 1.58. The summed E-state index contributed by atoms with van der Waals surface area (Å²) in [4.78, 5) is 15.4. The second kappa shape index (κ2) is 7.27. The minimum Gasteiger partial charge on any atom is -0.360 e. The molecule has 1 heterocycles. The molecule has 0 saturated carbocycles. The number of halogens is 3. The van der Waals surface area contributed by atoms with Crippen LogP contribution in [0.15, 0.2) is 54.6 Å². The van der Waals surface area contributed by atoms with Crippen molar-refractivity contribution >= 4 is 11.5 Å². The molecule has 2 aromatic carbocycles. The normalized spacial score (nSPS) is 16.0. The van der Waals surface area contributed by atoms with Gasteiger partial charge >= 0.3 is 6.18 Å². The molecule has 1 saturated heterocycles. The minimum absolute atomic E-state index is 0.100. The Morgan fingerprint density at radius 3 is 2.32 bits per heavy atom. The van der Waals surface area contributed by atoms with Crippen molar-refractivity contribution in [3.05, 3.63) is 65.7 Å². The molecule has 0 bridgehead atoms. The van der Waals surface area contributed by atoms with E-state index in [-0.39, 0.29) is 5.78 Å². The van der Waals surface area contributed by atoms with Crippen LogP contribution < -0.4 is 9.80 Å². The van der Waals surface area contributed by atoms with Crippen LogP contribution >= 0.6 is 0 Å². The molecule has 1 fully saturated rings. The van der Waals surface area contributed by atoms with Gasteiger partial charge in [-0.05, 0) is 18.2 Å².